The molecule has 4 heteroatoms. The fraction of sp³-hybridized carbons (Fsp3) is 0.417. The Labute approximate surface area is 167 Å². The minimum absolute atomic E-state index is 0.00819. The number of benzene rings is 2. The lowest BCUT2D eigenvalue weighted by atomic mass is 10.0. The van der Waals surface area contributed by atoms with Gasteiger partial charge in [-0.3, -0.25) is 0 Å². The first kappa shape index (κ1) is 19.0. The molecule has 2 aromatic carbocycles. The molecule has 2 heterocycles. The summed E-state index contributed by atoms with van der Waals surface area (Å²) < 4.78 is 20.0. The van der Waals surface area contributed by atoms with Crippen LogP contribution in [-0.2, 0) is 16.0 Å². The summed E-state index contributed by atoms with van der Waals surface area (Å²) in [4.78, 5) is 0. The summed E-state index contributed by atoms with van der Waals surface area (Å²) in [5, 5.41) is 1.21. The zero-order valence-corrected chi connectivity index (χ0v) is 16.8. The Hall–Kier alpha value is -2.30. The van der Waals surface area contributed by atoms with E-state index in [-0.39, 0.29) is 12.4 Å². The average molecular weight is 380 g/mol. The molecular formula is C24H29NO3. The van der Waals surface area contributed by atoms with Crippen LogP contribution >= 0.6 is 0 Å². The van der Waals surface area contributed by atoms with Gasteiger partial charge in [0.1, 0.15) is 11.9 Å². The summed E-state index contributed by atoms with van der Waals surface area (Å²) in [6, 6.07) is 16.8. The molecule has 0 aliphatic carbocycles. The smallest absolute Gasteiger partial charge is 0.157 e. The van der Waals surface area contributed by atoms with Crippen LogP contribution in [0, 0.1) is 6.92 Å². The van der Waals surface area contributed by atoms with Crippen LogP contribution in [-0.4, -0.2) is 24.1 Å². The van der Waals surface area contributed by atoms with Gasteiger partial charge in [0.2, 0.25) is 0 Å². The highest BCUT2D eigenvalue weighted by Gasteiger charge is 2.14. The van der Waals surface area contributed by atoms with Crippen LogP contribution in [0.2, 0.25) is 0 Å². The molecule has 1 aromatic heterocycles. The molecule has 0 saturated carbocycles. The molecule has 1 aliphatic rings. The predicted octanol–water partition coefficient (Wildman–Crippen LogP) is 5.63. The number of rotatable bonds is 7. The summed E-state index contributed by atoms with van der Waals surface area (Å²) in [6.07, 6.45) is 5.42. The van der Waals surface area contributed by atoms with Crippen molar-refractivity contribution < 1.29 is 14.2 Å². The Morgan fingerprint density at radius 3 is 2.86 bits per heavy atom. The minimum Gasteiger partial charge on any atom is -0.486 e. The van der Waals surface area contributed by atoms with Gasteiger partial charge in [-0.1, -0.05) is 24.3 Å². The number of fused-ring (bicyclic) bond motifs is 1. The maximum atomic E-state index is 6.25. The third-order valence-corrected chi connectivity index (χ3v) is 5.46. The normalized spacial score (nSPS) is 18.3. The van der Waals surface area contributed by atoms with E-state index in [2.05, 4.69) is 67.1 Å². The van der Waals surface area contributed by atoms with Crippen molar-refractivity contribution in [3.05, 3.63) is 65.9 Å². The lowest BCUT2D eigenvalue weighted by molar-refractivity contribution is -0.163. The number of hydrogen-bond acceptors (Lipinski definition) is 3. The second-order valence-corrected chi connectivity index (χ2v) is 7.51. The van der Waals surface area contributed by atoms with Crippen LogP contribution < -0.4 is 4.74 Å². The minimum atomic E-state index is -0.0376. The summed E-state index contributed by atoms with van der Waals surface area (Å²) in [5.41, 5.74) is 3.64. The van der Waals surface area contributed by atoms with Crippen molar-refractivity contribution in [2.24, 2.45) is 0 Å². The van der Waals surface area contributed by atoms with E-state index >= 15 is 0 Å². The van der Waals surface area contributed by atoms with Gasteiger partial charge in [-0.05, 0) is 67.8 Å². The SMILES string of the molecule is Cc1ccccc1C(C)Oc1ccc2ccn(CCOC3CCCCO3)c2c1. The lowest BCUT2D eigenvalue weighted by Gasteiger charge is -2.22. The summed E-state index contributed by atoms with van der Waals surface area (Å²) >= 11 is 0. The highest BCUT2D eigenvalue weighted by Crippen LogP contribution is 2.27. The Bertz CT molecular complexity index is 911. The molecule has 2 unspecified atom stereocenters. The second-order valence-electron chi connectivity index (χ2n) is 7.51. The van der Waals surface area contributed by atoms with Gasteiger partial charge in [0.25, 0.3) is 0 Å². The molecule has 0 N–H and O–H groups in total. The molecule has 0 bridgehead atoms. The van der Waals surface area contributed by atoms with E-state index in [1.54, 1.807) is 0 Å². The van der Waals surface area contributed by atoms with Crippen molar-refractivity contribution in [1.82, 2.24) is 4.57 Å². The maximum Gasteiger partial charge on any atom is 0.157 e. The van der Waals surface area contributed by atoms with Gasteiger partial charge in [0, 0.05) is 25.4 Å². The van der Waals surface area contributed by atoms with Crippen molar-refractivity contribution in [3.8, 4) is 5.75 Å². The van der Waals surface area contributed by atoms with Gasteiger partial charge in [-0.2, -0.15) is 0 Å². The second kappa shape index (κ2) is 8.80. The first-order chi connectivity index (χ1) is 13.7. The summed E-state index contributed by atoms with van der Waals surface area (Å²) in [5.74, 6) is 0.889. The highest BCUT2D eigenvalue weighted by molar-refractivity contribution is 5.81. The molecule has 1 aliphatic heterocycles. The van der Waals surface area contributed by atoms with Gasteiger partial charge in [0.15, 0.2) is 6.29 Å². The van der Waals surface area contributed by atoms with E-state index < -0.39 is 0 Å². The number of ether oxygens (including phenoxy) is 3. The maximum absolute atomic E-state index is 6.25. The van der Waals surface area contributed by atoms with E-state index in [1.165, 1.54) is 28.5 Å². The fourth-order valence-electron chi connectivity index (χ4n) is 3.87. The molecule has 2 atom stereocenters. The molecule has 0 spiro atoms. The van der Waals surface area contributed by atoms with Crippen LogP contribution in [0.5, 0.6) is 5.75 Å². The average Bonchev–Trinajstić information content (AvgIpc) is 3.11. The molecule has 0 amide bonds. The van der Waals surface area contributed by atoms with Crippen molar-refractivity contribution in [2.75, 3.05) is 13.2 Å². The Kier molecular flexibility index (Phi) is 5.98. The van der Waals surface area contributed by atoms with E-state index in [0.29, 0.717) is 6.61 Å². The zero-order valence-electron chi connectivity index (χ0n) is 16.8. The van der Waals surface area contributed by atoms with Crippen molar-refractivity contribution in [1.29, 1.82) is 0 Å². The molecular weight excluding hydrogens is 350 g/mol. The molecule has 3 aromatic rings. The summed E-state index contributed by atoms with van der Waals surface area (Å²) in [7, 11) is 0. The van der Waals surface area contributed by atoms with E-state index in [9.17, 15) is 0 Å². The van der Waals surface area contributed by atoms with Gasteiger partial charge in [-0.25, -0.2) is 0 Å². The zero-order chi connectivity index (χ0) is 19.3. The fourth-order valence-corrected chi connectivity index (χ4v) is 3.87. The third-order valence-electron chi connectivity index (χ3n) is 5.46. The lowest BCUT2D eigenvalue weighted by Crippen LogP contribution is -2.23. The number of aryl methyl sites for hydroxylation is 1. The predicted molar refractivity (Wildman–Crippen MR) is 112 cm³/mol. The van der Waals surface area contributed by atoms with Gasteiger partial charge >= 0.3 is 0 Å². The number of hydrogen-bond donors (Lipinski definition) is 0. The van der Waals surface area contributed by atoms with E-state index in [1.807, 2.05) is 6.07 Å². The topological polar surface area (TPSA) is 32.6 Å². The molecule has 4 rings (SSSR count). The van der Waals surface area contributed by atoms with Crippen LogP contribution in [0.4, 0.5) is 0 Å². The first-order valence-corrected chi connectivity index (χ1v) is 10.2. The standard InChI is InChI=1S/C24H29NO3/c1-18-7-3-4-8-22(18)19(2)28-21-11-10-20-12-13-25(23(20)17-21)14-16-27-24-9-5-6-15-26-24/h3-4,7-8,10-13,17,19,24H,5-6,9,14-16H2,1-2H3. The van der Waals surface area contributed by atoms with Crippen molar-refractivity contribution in [3.63, 3.8) is 0 Å². The van der Waals surface area contributed by atoms with Crippen molar-refractivity contribution >= 4 is 10.9 Å². The number of aromatic nitrogens is 1. The van der Waals surface area contributed by atoms with Crippen LogP contribution in [0.3, 0.4) is 0 Å². The van der Waals surface area contributed by atoms with Gasteiger partial charge < -0.3 is 18.8 Å². The van der Waals surface area contributed by atoms with Gasteiger partial charge in [-0.15, -0.1) is 0 Å². The van der Waals surface area contributed by atoms with Gasteiger partial charge in [0.05, 0.1) is 12.1 Å². The summed E-state index contributed by atoms with van der Waals surface area (Å²) in [6.45, 7) is 6.50. The molecule has 1 saturated heterocycles. The quantitative estimate of drug-likeness (QED) is 0.533. The first-order valence-electron chi connectivity index (χ1n) is 10.2. The molecule has 0 radical (unpaired) electrons. The molecule has 1 fully saturated rings. The largest absolute Gasteiger partial charge is 0.486 e. The third kappa shape index (κ3) is 4.40. The van der Waals surface area contributed by atoms with E-state index in [0.717, 1.165) is 31.7 Å². The van der Waals surface area contributed by atoms with Crippen molar-refractivity contribution in [2.45, 2.75) is 52.0 Å². The molecule has 4 nitrogen and oxygen atoms in total. The van der Waals surface area contributed by atoms with Crippen LogP contribution in [0.1, 0.15) is 43.4 Å². The van der Waals surface area contributed by atoms with E-state index in [4.69, 9.17) is 14.2 Å². The number of nitrogens with zero attached hydrogens (tertiary/aromatic N) is 1. The monoisotopic (exact) mass is 379 g/mol. The van der Waals surface area contributed by atoms with Crippen LogP contribution in [0.15, 0.2) is 54.7 Å². The molecule has 28 heavy (non-hydrogen) atoms. The molecule has 148 valence electrons. The Balaban J connectivity index is 1.43. The van der Waals surface area contributed by atoms with Crippen LogP contribution in [0.25, 0.3) is 10.9 Å². The highest BCUT2D eigenvalue weighted by atomic mass is 16.7. The Morgan fingerprint density at radius 2 is 2.04 bits per heavy atom. The Morgan fingerprint density at radius 1 is 1.14 bits per heavy atom.